The molecule has 2 aromatic rings. The summed E-state index contributed by atoms with van der Waals surface area (Å²) >= 11 is 0. The molecule has 17 heavy (non-hydrogen) atoms. The number of hydrogen-bond donors (Lipinski definition) is 1. The highest BCUT2D eigenvalue weighted by Crippen LogP contribution is 2.27. The number of carboxylic acids is 1. The molecule has 1 heterocycles. The number of rotatable bonds is 3. The maximum absolute atomic E-state index is 13.4. The summed E-state index contributed by atoms with van der Waals surface area (Å²) in [5.41, 5.74) is -0.370. The Balaban J connectivity index is 2.62. The highest BCUT2D eigenvalue weighted by Gasteiger charge is 2.18. The fourth-order valence-corrected chi connectivity index (χ4v) is 1.51. The van der Waals surface area contributed by atoms with E-state index in [1.165, 1.54) is 24.3 Å². The van der Waals surface area contributed by atoms with Gasteiger partial charge in [-0.15, -0.1) is 0 Å². The Kier molecular flexibility index (Phi) is 2.74. The molecular formula is C12H7FO4. The Morgan fingerprint density at radius 2 is 2.06 bits per heavy atom. The van der Waals surface area contributed by atoms with Crippen LogP contribution in [0.4, 0.5) is 4.39 Å². The standard InChI is InChI=1S/C12H7FO4/c13-9-3-1-2-8(11(9)12(15)16)10-5-4-7(6-14)17-10/h1-6H,(H,15,16). The molecule has 0 fully saturated rings. The van der Waals surface area contributed by atoms with E-state index < -0.39 is 17.3 Å². The number of halogens is 1. The predicted molar refractivity (Wildman–Crippen MR) is 56.4 cm³/mol. The van der Waals surface area contributed by atoms with Crippen LogP contribution >= 0.6 is 0 Å². The Morgan fingerprint density at radius 3 is 2.65 bits per heavy atom. The summed E-state index contributed by atoms with van der Waals surface area (Å²) in [7, 11) is 0. The van der Waals surface area contributed by atoms with Gasteiger partial charge in [-0.25, -0.2) is 9.18 Å². The minimum Gasteiger partial charge on any atom is -0.478 e. The van der Waals surface area contributed by atoms with Crippen LogP contribution in [0.3, 0.4) is 0 Å². The summed E-state index contributed by atoms with van der Waals surface area (Å²) in [4.78, 5) is 21.4. The van der Waals surface area contributed by atoms with Gasteiger partial charge in [0.25, 0.3) is 0 Å². The largest absolute Gasteiger partial charge is 0.478 e. The van der Waals surface area contributed by atoms with Crippen molar-refractivity contribution < 1.29 is 23.5 Å². The third-order valence-corrected chi connectivity index (χ3v) is 2.24. The van der Waals surface area contributed by atoms with Gasteiger partial charge in [0.1, 0.15) is 17.1 Å². The lowest BCUT2D eigenvalue weighted by Crippen LogP contribution is -2.02. The molecule has 0 amide bonds. The number of carbonyl (C=O) groups excluding carboxylic acids is 1. The first kappa shape index (κ1) is 11.1. The quantitative estimate of drug-likeness (QED) is 0.829. The second-order valence-corrected chi connectivity index (χ2v) is 3.29. The van der Waals surface area contributed by atoms with Crippen molar-refractivity contribution in [1.29, 1.82) is 0 Å². The molecule has 0 aliphatic rings. The van der Waals surface area contributed by atoms with E-state index in [2.05, 4.69) is 0 Å². The number of aldehydes is 1. The summed E-state index contributed by atoms with van der Waals surface area (Å²) in [5, 5.41) is 8.92. The lowest BCUT2D eigenvalue weighted by Gasteiger charge is -2.03. The molecule has 0 radical (unpaired) electrons. The van der Waals surface area contributed by atoms with Crippen molar-refractivity contribution in [1.82, 2.24) is 0 Å². The van der Waals surface area contributed by atoms with Gasteiger partial charge in [0.2, 0.25) is 0 Å². The van der Waals surface area contributed by atoms with Crippen molar-refractivity contribution in [3.63, 3.8) is 0 Å². The van der Waals surface area contributed by atoms with Crippen molar-refractivity contribution in [2.75, 3.05) is 0 Å². The van der Waals surface area contributed by atoms with Gasteiger partial charge in [0.05, 0.1) is 0 Å². The second kappa shape index (κ2) is 4.21. The summed E-state index contributed by atoms with van der Waals surface area (Å²) < 4.78 is 18.4. The number of carbonyl (C=O) groups is 2. The number of benzene rings is 1. The third-order valence-electron chi connectivity index (χ3n) is 2.24. The Bertz CT molecular complexity index is 586. The zero-order valence-corrected chi connectivity index (χ0v) is 8.51. The van der Waals surface area contributed by atoms with Crippen LogP contribution in [-0.2, 0) is 0 Å². The number of hydrogen-bond acceptors (Lipinski definition) is 3. The Labute approximate surface area is 95.3 Å². The highest BCUT2D eigenvalue weighted by atomic mass is 19.1. The molecule has 5 heteroatoms. The summed E-state index contributed by atoms with van der Waals surface area (Å²) in [6.07, 6.45) is 0.489. The minimum absolute atomic E-state index is 0.0561. The first-order valence-electron chi connectivity index (χ1n) is 4.70. The molecule has 0 unspecified atom stereocenters. The molecular weight excluding hydrogens is 227 g/mol. The average molecular weight is 234 g/mol. The van der Waals surface area contributed by atoms with Gasteiger partial charge >= 0.3 is 5.97 Å². The van der Waals surface area contributed by atoms with Crippen LogP contribution in [-0.4, -0.2) is 17.4 Å². The fourth-order valence-electron chi connectivity index (χ4n) is 1.51. The lowest BCUT2D eigenvalue weighted by molar-refractivity contribution is 0.0692. The lowest BCUT2D eigenvalue weighted by atomic mass is 10.1. The summed E-state index contributed by atoms with van der Waals surface area (Å²) in [6, 6.07) is 6.65. The van der Waals surface area contributed by atoms with E-state index in [1.54, 1.807) is 0 Å². The van der Waals surface area contributed by atoms with E-state index in [9.17, 15) is 14.0 Å². The van der Waals surface area contributed by atoms with Crippen molar-refractivity contribution in [3.05, 3.63) is 47.5 Å². The van der Waals surface area contributed by atoms with Gasteiger partial charge in [-0.2, -0.15) is 0 Å². The van der Waals surface area contributed by atoms with Crippen LogP contribution in [0.1, 0.15) is 20.9 Å². The molecule has 0 bridgehead atoms. The molecule has 0 aliphatic heterocycles. The fraction of sp³-hybridized carbons (Fsp3) is 0. The van der Waals surface area contributed by atoms with Crippen LogP contribution in [0, 0.1) is 5.82 Å². The summed E-state index contributed by atoms with van der Waals surface area (Å²) in [5.74, 6) is -2.04. The Hall–Kier alpha value is -2.43. The van der Waals surface area contributed by atoms with E-state index in [-0.39, 0.29) is 17.1 Å². The number of aromatic carboxylic acids is 1. The van der Waals surface area contributed by atoms with Crippen LogP contribution in [0.5, 0.6) is 0 Å². The molecule has 0 spiro atoms. The average Bonchev–Trinajstić information content (AvgIpc) is 2.76. The zero-order chi connectivity index (χ0) is 12.4. The topological polar surface area (TPSA) is 67.5 Å². The molecule has 4 nitrogen and oxygen atoms in total. The van der Waals surface area contributed by atoms with Crippen LogP contribution in [0.25, 0.3) is 11.3 Å². The smallest absolute Gasteiger partial charge is 0.339 e. The van der Waals surface area contributed by atoms with E-state index in [0.29, 0.717) is 6.29 Å². The van der Waals surface area contributed by atoms with Crippen molar-refractivity contribution in [3.8, 4) is 11.3 Å². The molecule has 0 aliphatic carbocycles. The Morgan fingerprint density at radius 1 is 1.29 bits per heavy atom. The van der Waals surface area contributed by atoms with E-state index in [1.807, 2.05) is 0 Å². The van der Waals surface area contributed by atoms with Crippen LogP contribution in [0.2, 0.25) is 0 Å². The summed E-state index contributed by atoms with van der Waals surface area (Å²) in [6.45, 7) is 0. The maximum atomic E-state index is 13.4. The van der Waals surface area contributed by atoms with Gasteiger partial charge < -0.3 is 9.52 Å². The van der Waals surface area contributed by atoms with Gasteiger partial charge in [-0.05, 0) is 18.2 Å². The van der Waals surface area contributed by atoms with Crippen molar-refractivity contribution in [2.24, 2.45) is 0 Å². The van der Waals surface area contributed by atoms with Gasteiger partial charge in [-0.3, -0.25) is 4.79 Å². The maximum Gasteiger partial charge on any atom is 0.339 e. The molecule has 86 valence electrons. The zero-order valence-electron chi connectivity index (χ0n) is 8.51. The monoisotopic (exact) mass is 234 g/mol. The minimum atomic E-state index is -1.39. The van der Waals surface area contributed by atoms with Crippen molar-refractivity contribution >= 4 is 12.3 Å². The highest BCUT2D eigenvalue weighted by molar-refractivity contribution is 5.95. The molecule has 1 aromatic carbocycles. The molecule has 2 rings (SSSR count). The number of carboxylic acid groups (broad SMARTS) is 1. The van der Waals surface area contributed by atoms with Crippen LogP contribution in [0.15, 0.2) is 34.7 Å². The first-order chi connectivity index (χ1) is 8.13. The number of furan rings is 1. The molecule has 0 saturated carbocycles. The SMILES string of the molecule is O=Cc1ccc(-c2cccc(F)c2C(=O)O)o1. The molecule has 0 saturated heterocycles. The second-order valence-electron chi connectivity index (χ2n) is 3.29. The van der Waals surface area contributed by atoms with Crippen LogP contribution < -0.4 is 0 Å². The predicted octanol–water partition coefficient (Wildman–Crippen LogP) is 2.60. The first-order valence-corrected chi connectivity index (χ1v) is 4.70. The third kappa shape index (κ3) is 1.94. The normalized spacial score (nSPS) is 10.2. The van der Waals surface area contributed by atoms with Gasteiger partial charge in [-0.1, -0.05) is 12.1 Å². The van der Waals surface area contributed by atoms with Crippen molar-refractivity contribution in [2.45, 2.75) is 0 Å². The molecule has 0 atom stereocenters. The van der Waals surface area contributed by atoms with E-state index in [4.69, 9.17) is 9.52 Å². The van der Waals surface area contributed by atoms with E-state index >= 15 is 0 Å². The molecule has 1 N–H and O–H groups in total. The van der Waals surface area contributed by atoms with Gasteiger partial charge in [0, 0.05) is 5.56 Å². The van der Waals surface area contributed by atoms with E-state index in [0.717, 1.165) is 6.07 Å². The van der Waals surface area contributed by atoms with Gasteiger partial charge in [0.15, 0.2) is 12.0 Å². The molecule has 1 aromatic heterocycles.